The van der Waals surface area contributed by atoms with Crippen LogP contribution in [0.2, 0.25) is 0 Å². The second-order valence-corrected chi connectivity index (χ2v) is 9.24. The van der Waals surface area contributed by atoms with Crippen molar-refractivity contribution in [1.82, 2.24) is 5.32 Å². The van der Waals surface area contributed by atoms with Crippen molar-refractivity contribution in [2.24, 2.45) is 0 Å². The minimum atomic E-state index is 0.0410. The van der Waals surface area contributed by atoms with Gasteiger partial charge in [-0.15, -0.1) is 0 Å². The predicted octanol–water partition coefficient (Wildman–Crippen LogP) is 8.49. The average molecular weight is 467 g/mol. The van der Waals surface area contributed by atoms with Crippen molar-refractivity contribution < 1.29 is 9.53 Å². The Hall–Kier alpha value is -2.49. The molecule has 2 aromatic carbocycles. The molecule has 4 nitrogen and oxygen atoms in total. The van der Waals surface area contributed by atoms with Crippen LogP contribution in [0.5, 0.6) is 11.5 Å². The van der Waals surface area contributed by atoms with Gasteiger partial charge in [-0.3, -0.25) is 4.79 Å². The zero-order chi connectivity index (χ0) is 24.1. The van der Waals surface area contributed by atoms with Crippen molar-refractivity contribution in [1.29, 1.82) is 0 Å². The topological polar surface area (TPSA) is 50.4 Å². The molecule has 34 heavy (non-hydrogen) atoms. The molecule has 2 N–H and O–H groups in total. The van der Waals surface area contributed by atoms with Crippen LogP contribution in [0.4, 0.5) is 5.69 Å². The smallest absolute Gasteiger partial charge is 0.239 e. The highest BCUT2D eigenvalue weighted by atomic mass is 16.5. The molecule has 0 heterocycles. The van der Waals surface area contributed by atoms with Gasteiger partial charge in [0.25, 0.3) is 0 Å². The monoisotopic (exact) mass is 466 g/mol. The summed E-state index contributed by atoms with van der Waals surface area (Å²) >= 11 is 0. The zero-order valence-corrected chi connectivity index (χ0v) is 21.3. The largest absolute Gasteiger partial charge is 0.457 e. The van der Waals surface area contributed by atoms with Gasteiger partial charge in [0.05, 0.1) is 6.54 Å². The van der Waals surface area contributed by atoms with E-state index >= 15 is 0 Å². The first-order valence-corrected chi connectivity index (χ1v) is 13.6. The number of ether oxygens (including phenoxy) is 1. The van der Waals surface area contributed by atoms with E-state index in [1.165, 1.54) is 83.5 Å². The second kappa shape index (κ2) is 18.9. The number of benzene rings is 2. The van der Waals surface area contributed by atoms with Gasteiger partial charge in [0.1, 0.15) is 11.5 Å². The summed E-state index contributed by atoms with van der Waals surface area (Å²) in [4.78, 5) is 12.1. The first kappa shape index (κ1) is 27.8. The summed E-state index contributed by atoms with van der Waals surface area (Å²) in [5.41, 5.74) is 0.909. The van der Waals surface area contributed by atoms with E-state index in [4.69, 9.17) is 4.74 Å². The average Bonchev–Trinajstić information content (AvgIpc) is 2.86. The molecular formula is C30H46N2O2. The fraction of sp³-hybridized carbons (Fsp3) is 0.567. The number of rotatable bonds is 20. The minimum absolute atomic E-state index is 0.0410. The summed E-state index contributed by atoms with van der Waals surface area (Å²) in [7, 11) is 0. The Morgan fingerprint density at radius 2 is 1.15 bits per heavy atom. The van der Waals surface area contributed by atoms with E-state index < -0.39 is 0 Å². The van der Waals surface area contributed by atoms with Gasteiger partial charge < -0.3 is 15.4 Å². The molecule has 0 fully saturated rings. The Kier molecular flexibility index (Phi) is 15.4. The van der Waals surface area contributed by atoms with Gasteiger partial charge in [0, 0.05) is 12.2 Å². The van der Waals surface area contributed by atoms with E-state index in [9.17, 15) is 4.79 Å². The van der Waals surface area contributed by atoms with E-state index in [0.29, 0.717) is 0 Å². The molecule has 0 spiro atoms. The first-order valence-electron chi connectivity index (χ1n) is 13.6. The van der Waals surface area contributed by atoms with Gasteiger partial charge in [-0.05, 0) is 42.8 Å². The van der Waals surface area contributed by atoms with E-state index in [-0.39, 0.29) is 12.5 Å². The Bertz CT molecular complexity index is 746. The van der Waals surface area contributed by atoms with Gasteiger partial charge >= 0.3 is 0 Å². The molecule has 0 radical (unpaired) electrons. The molecule has 0 unspecified atom stereocenters. The van der Waals surface area contributed by atoms with Crippen molar-refractivity contribution in [2.75, 3.05) is 18.4 Å². The molecule has 0 saturated carbocycles. The fourth-order valence-corrected chi connectivity index (χ4v) is 4.06. The van der Waals surface area contributed by atoms with Gasteiger partial charge in [-0.1, -0.05) is 109 Å². The molecule has 0 aliphatic carbocycles. The number of hydrogen-bond donors (Lipinski definition) is 2. The SMILES string of the molecule is CCCCCCCCCCCCCCCCNC(=O)CNc1ccc(Oc2ccccc2)cc1. The van der Waals surface area contributed by atoms with Gasteiger partial charge in [0.15, 0.2) is 0 Å². The normalized spacial score (nSPS) is 10.7. The summed E-state index contributed by atoms with van der Waals surface area (Å²) in [6.45, 7) is 3.33. The first-order chi connectivity index (χ1) is 16.8. The Balaban J connectivity index is 1.39. The number of amides is 1. The molecule has 0 aliphatic heterocycles. The number of nitrogens with one attached hydrogen (secondary N) is 2. The highest BCUT2D eigenvalue weighted by Gasteiger charge is 2.02. The second-order valence-electron chi connectivity index (χ2n) is 9.24. The zero-order valence-electron chi connectivity index (χ0n) is 21.3. The quantitative estimate of drug-likeness (QED) is 0.192. The number of unbranched alkanes of at least 4 members (excludes halogenated alkanes) is 13. The maximum atomic E-state index is 12.1. The molecule has 2 rings (SSSR count). The van der Waals surface area contributed by atoms with Crippen LogP contribution in [0.1, 0.15) is 96.8 Å². The third kappa shape index (κ3) is 13.9. The third-order valence-electron chi connectivity index (χ3n) is 6.14. The lowest BCUT2D eigenvalue weighted by atomic mass is 10.0. The minimum Gasteiger partial charge on any atom is -0.457 e. The maximum absolute atomic E-state index is 12.1. The van der Waals surface area contributed by atoms with Crippen LogP contribution < -0.4 is 15.4 Å². The molecule has 0 aliphatic rings. The number of anilines is 1. The van der Waals surface area contributed by atoms with Crippen LogP contribution >= 0.6 is 0 Å². The van der Waals surface area contributed by atoms with Gasteiger partial charge in [-0.2, -0.15) is 0 Å². The molecule has 1 amide bonds. The third-order valence-corrected chi connectivity index (χ3v) is 6.14. The molecule has 0 bridgehead atoms. The summed E-state index contributed by atoms with van der Waals surface area (Å²) < 4.78 is 5.79. The lowest BCUT2D eigenvalue weighted by Crippen LogP contribution is -2.30. The van der Waals surface area contributed by atoms with Crippen molar-refractivity contribution in [2.45, 2.75) is 96.8 Å². The number of para-hydroxylation sites is 1. The van der Waals surface area contributed by atoms with Gasteiger partial charge in [-0.25, -0.2) is 0 Å². The molecule has 188 valence electrons. The molecular weight excluding hydrogens is 420 g/mol. The lowest BCUT2D eigenvalue weighted by Gasteiger charge is -2.09. The van der Waals surface area contributed by atoms with E-state index in [2.05, 4.69) is 17.6 Å². The van der Waals surface area contributed by atoms with E-state index in [0.717, 1.165) is 30.2 Å². The molecule has 0 atom stereocenters. The summed E-state index contributed by atoms with van der Waals surface area (Å²) in [6.07, 6.45) is 18.9. The highest BCUT2D eigenvalue weighted by Crippen LogP contribution is 2.22. The fourth-order valence-electron chi connectivity index (χ4n) is 4.06. The van der Waals surface area contributed by atoms with Crippen molar-refractivity contribution in [3.05, 3.63) is 54.6 Å². The molecule has 2 aromatic rings. The number of carbonyl (C=O) groups excluding carboxylic acids is 1. The highest BCUT2D eigenvalue weighted by molar-refractivity contribution is 5.80. The van der Waals surface area contributed by atoms with Crippen molar-refractivity contribution in [3.8, 4) is 11.5 Å². The predicted molar refractivity (Wildman–Crippen MR) is 145 cm³/mol. The van der Waals surface area contributed by atoms with Crippen LogP contribution in [0.15, 0.2) is 54.6 Å². The number of carbonyl (C=O) groups is 1. The van der Waals surface area contributed by atoms with Crippen molar-refractivity contribution >= 4 is 11.6 Å². The van der Waals surface area contributed by atoms with Crippen LogP contribution in [0, 0.1) is 0 Å². The van der Waals surface area contributed by atoms with E-state index in [1.54, 1.807) is 0 Å². The Morgan fingerprint density at radius 1 is 0.647 bits per heavy atom. The molecule has 0 saturated heterocycles. The molecule has 0 aromatic heterocycles. The Morgan fingerprint density at radius 3 is 1.71 bits per heavy atom. The van der Waals surface area contributed by atoms with Crippen molar-refractivity contribution in [3.63, 3.8) is 0 Å². The van der Waals surface area contributed by atoms with Crippen LogP contribution in [-0.4, -0.2) is 19.0 Å². The van der Waals surface area contributed by atoms with E-state index in [1.807, 2.05) is 54.6 Å². The van der Waals surface area contributed by atoms with Crippen LogP contribution in [0.3, 0.4) is 0 Å². The van der Waals surface area contributed by atoms with Gasteiger partial charge in [0.2, 0.25) is 5.91 Å². The summed E-state index contributed by atoms with van der Waals surface area (Å²) in [5.74, 6) is 1.63. The van der Waals surface area contributed by atoms with Crippen LogP contribution in [0.25, 0.3) is 0 Å². The maximum Gasteiger partial charge on any atom is 0.239 e. The number of hydrogen-bond acceptors (Lipinski definition) is 3. The lowest BCUT2D eigenvalue weighted by molar-refractivity contribution is -0.119. The standard InChI is InChI=1S/C30H46N2O2/c1-2-3-4-5-6-7-8-9-10-11-12-13-14-18-25-31-30(33)26-32-27-21-23-29(24-22-27)34-28-19-16-15-17-20-28/h15-17,19-24,32H,2-14,18,25-26H2,1H3,(H,31,33). The Labute approximate surface area is 207 Å². The summed E-state index contributed by atoms with van der Waals surface area (Å²) in [5, 5.41) is 6.18. The van der Waals surface area contributed by atoms with Crippen LogP contribution in [-0.2, 0) is 4.79 Å². The molecule has 4 heteroatoms. The summed E-state index contributed by atoms with van der Waals surface area (Å²) in [6, 6.07) is 17.4.